The summed E-state index contributed by atoms with van der Waals surface area (Å²) in [4.78, 5) is 0.447. The van der Waals surface area contributed by atoms with Crippen LogP contribution in [0.2, 0.25) is 0 Å². The minimum atomic E-state index is 0.447. The predicted molar refractivity (Wildman–Crippen MR) is 56.4 cm³/mol. The van der Waals surface area contributed by atoms with E-state index >= 15 is 0 Å². The van der Waals surface area contributed by atoms with E-state index in [1.54, 1.807) is 0 Å². The van der Waals surface area contributed by atoms with Crippen molar-refractivity contribution in [1.29, 1.82) is 0 Å². The van der Waals surface area contributed by atoms with E-state index in [0.29, 0.717) is 4.83 Å². The van der Waals surface area contributed by atoms with Gasteiger partial charge in [0, 0.05) is 0 Å². The van der Waals surface area contributed by atoms with Crippen molar-refractivity contribution in [2.24, 2.45) is 5.92 Å². The van der Waals surface area contributed by atoms with Gasteiger partial charge in [-0.2, -0.15) is 0 Å². The van der Waals surface area contributed by atoms with Gasteiger partial charge >= 0.3 is 0 Å². The normalized spacial score (nSPS) is 32.3. The van der Waals surface area contributed by atoms with E-state index in [0.717, 1.165) is 5.92 Å². The van der Waals surface area contributed by atoms with E-state index in [1.807, 2.05) is 0 Å². The third kappa shape index (κ3) is 1.89. The highest BCUT2D eigenvalue weighted by Gasteiger charge is 2.20. The van der Waals surface area contributed by atoms with Crippen LogP contribution >= 0.6 is 15.9 Å². The van der Waals surface area contributed by atoms with Gasteiger partial charge in [-0.05, 0) is 31.3 Å². The van der Waals surface area contributed by atoms with Crippen LogP contribution in [0.15, 0.2) is 35.5 Å². The average Bonchev–Trinajstić information content (AvgIpc) is 2.79. The highest BCUT2D eigenvalue weighted by Crippen LogP contribution is 2.34. The molecule has 0 heterocycles. The maximum Gasteiger partial charge on any atom is 0.0577 e. The molecule has 0 amide bonds. The van der Waals surface area contributed by atoms with Crippen LogP contribution in [0.4, 0.5) is 0 Å². The molecule has 0 aliphatic heterocycles. The fourth-order valence-electron chi connectivity index (χ4n) is 1.38. The number of hydrogen-bond acceptors (Lipinski definition) is 0. The lowest BCUT2D eigenvalue weighted by Gasteiger charge is -2.12. The highest BCUT2D eigenvalue weighted by atomic mass is 79.9. The summed E-state index contributed by atoms with van der Waals surface area (Å²) >= 11 is 3.66. The van der Waals surface area contributed by atoms with Crippen LogP contribution in [0.5, 0.6) is 0 Å². The summed E-state index contributed by atoms with van der Waals surface area (Å²) < 4.78 is 0. The molecule has 1 fully saturated rings. The Balaban J connectivity index is 2.13. The largest absolute Gasteiger partial charge is 0.0793 e. The van der Waals surface area contributed by atoms with Gasteiger partial charge in [-0.1, -0.05) is 45.8 Å². The van der Waals surface area contributed by atoms with Crippen molar-refractivity contribution in [3.63, 3.8) is 0 Å². The van der Waals surface area contributed by atoms with Crippen molar-refractivity contribution in [2.45, 2.75) is 24.6 Å². The van der Waals surface area contributed by atoms with E-state index < -0.39 is 0 Å². The van der Waals surface area contributed by atoms with Crippen LogP contribution in [-0.2, 0) is 0 Å². The van der Waals surface area contributed by atoms with Crippen LogP contribution in [0, 0.1) is 5.92 Å². The molecule has 1 heteroatoms. The Bertz CT molecular complexity index is 267. The zero-order valence-electron chi connectivity index (χ0n) is 7.26. The minimum absolute atomic E-state index is 0.447. The van der Waals surface area contributed by atoms with E-state index in [9.17, 15) is 0 Å². The van der Waals surface area contributed by atoms with Crippen molar-refractivity contribution in [2.75, 3.05) is 0 Å². The van der Waals surface area contributed by atoms with Gasteiger partial charge in [0.1, 0.15) is 0 Å². The zero-order valence-corrected chi connectivity index (χ0v) is 8.84. The van der Waals surface area contributed by atoms with Crippen molar-refractivity contribution < 1.29 is 0 Å². The number of halogens is 1. The first-order valence-electron chi connectivity index (χ1n) is 4.48. The van der Waals surface area contributed by atoms with Crippen LogP contribution < -0.4 is 0 Å². The molecule has 0 aromatic carbocycles. The lowest BCUT2D eigenvalue weighted by Crippen LogP contribution is -2.01. The molecule has 0 radical (unpaired) electrons. The summed E-state index contributed by atoms with van der Waals surface area (Å²) in [6.45, 7) is 2.14. The first-order valence-corrected chi connectivity index (χ1v) is 5.39. The third-order valence-corrected chi connectivity index (χ3v) is 3.11. The van der Waals surface area contributed by atoms with Gasteiger partial charge in [0.05, 0.1) is 4.83 Å². The summed E-state index contributed by atoms with van der Waals surface area (Å²) in [5.41, 5.74) is 2.79. The smallest absolute Gasteiger partial charge is 0.0577 e. The van der Waals surface area contributed by atoms with Gasteiger partial charge in [-0.3, -0.25) is 0 Å². The van der Waals surface area contributed by atoms with Crippen molar-refractivity contribution in [3.05, 3.63) is 35.5 Å². The number of alkyl halides is 1. The molecule has 0 spiro atoms. The lowest BCUT2D eigenvalue weighted by molar-refractivity contribution is 1.08. The molecular formula is C11H13Br. The van der Waals surface area contributed by atoms with Gasteiger partial charge < -0.3 is 0 Å². The lowest BCUT2D eigenvalue weighted by atomic mass is 10.0. The van der Waals surface area contributed by atoms with Crippen molar-refractivity contribution >= 4 is 15.9 Å². The summed E-state index contributed by atoms with van der Waals surface area (Å²) in [7, 11) is 0. The molecule has 0 bridgehead atoms. The number of allylic oxidation sites excluding steroid dienone is 6. The average molecular weight is 225 g/mol. The standard InChI is InChI=1S/C11H13Br/c1-8-2-5-10(11(12)6-8)7-9-3-4-9/h2,5-7,9,11H,3-4H2,1H3. The monoisotopic (exact) mass is 224 g/mol. The Labute approximate surface area is 82.2 Å². The van der Waals surface area contributed by atoms with Crippen LogP contribution in [0.1, 0.15) is 19.8 Å². The quantitative estimate of drug-likeness (QED) is 0.598. The highest BCUT2D eigenvalue weighted by molar-refractivity contribution is 9.09. The van der Waals surface area contributed by atoms with Gasteiger partial charge in [-0.15, -0.1) is 0 Å². The summed E-state index contributed by atoms with van der Waals surface area (Å²) in [6.07, 6.45) is 11.9. The summed E-state index contributed by atoms with van der Waals surface area (Å²) in [5, 5.41) is 0. The number of hydrogen-bond donors (Lipinski definition) is 0. The zero-order chi connectivity index (χ0) is 8.55. The fourth-order valence-corrected chi connectivity index (χ4v) is 2.11. The summed E-state index contributed by atoms with van der Waals surface area (Å²) in [6, 6.07) is 0. The Kier molecular flexibility index (Phi) is 2.22. The van der Waals surface area contributed by atoms with Gasteiger partial charge in [0.15, 0.2) is 0 Å². The van der Waals surface area contributed by atoms with E-state index in [4.69, 9.17) is 0 Å². The first kappa shape index (κ1) is 8.31. The first-order chi connectivity index (χ1) is 5.75. The second-order valence-corrected chi connectivity index (χ2v) is 4.64. The van der Waals surface area contributed by atoms with Crippen LogP contribution in [0.25, 0.3) is 0 Å². The Morgan fingerprint density at radius 3 is 2.75 bits per heavy atom. The molecule has 2 aliphatic rings. The van der Waals surface area contributed by atoms with Gasteiger partial charge in [0.25, 0.3) is 0 Å². The molecule has 2 aliphatic carbocycles. The molecule has 1 saturated carbocycles. The summed E-state index contributed by atoms with van der Waals surface area (Å²) in [5.74, 6) is 0.872. The Hall–Kier alpha value is -0.300. The van der Waals surface area contributed by atoms with Crippen molar-refractivity contribution in [3.8, 4) is 0 Å². The maximum absolute atomic E-state index is 3.66. The molecule has 64 valence electrons. The molecule has 0 saturated heterocycles. The van der Waals surface area contributed by atoms with Crippen molar-refractivity contribution in [1.82, 2.24) is 0 Å². The molecule has 0 nitrogen and oxygen atoms in total. The third-order valence-electron chi connectivity index (χ3n) is 2.32. The Morgan fingerprint density at radius 2 is 2.17 bits per heavy atom. The SMILES string of the molecule is CC1=CC(Br)C(=CC2CC2)C=C1. The van der Waals surface area contributed by atoms with E-state index in [-0.39, 0.29) is 0 Å². The molecule has 0 N–H and O–H groups in total. The maximum atomic E-state index is 3.66. The van der Waals surface area contributed by atoms with Gasteiger partial charge in [-0.25, -0.2) is 0 Å². The van der Waals surface area contributed by atoms with E-state index in [2.05, 4.69) is 47.2 Å². The fraction of sp³-hybridized carbons (Fsp3) is 0.455. The van der Waals surface area contributed by atoms with E-state index in [1.165, 1.54) is 24.0 Å². The topological polar surface area (TPSA) is 0 Å². The second-order valence-electron chi connectivity index (χ2n) is 3.65. The van der Waals surface area contributed by atoms with Crippen LogP contribution in [0.3, 0.4) is 0 Å². The van der Waals surface area contributed by atoms with Crippen LogP contribution in [-0.4, -0.2) is 4.83 Å². The Morgan fingerprint density at radius 1 is 1.42 bits per heavy atom. The molecule has 1 atom stereocenters. The molecule has 0 aromatic rings. The second kappa shape index (κ2) is 3.21. The van der Waals surface area contributed by atoms with Gasteiger partial charge in [0.2, 0.25) is 0 Å². The number of rotatable bonds is 1. The molecular weight excluding hydrogens is 212 g/mol. The molecule has 12 heavy (non-hydrogen) atoms. The molecule has 1 unspecified atom stereocenters. The predicted octanol–water partition coefficient (Wildman–Crippen LogP) is 3.60. The minimum Gasteiger partial charge on any atom is -0.0793 e. The molecule has 2 rings (SSSR count). The molecule has 0 aromatic heterocycles.